The van der Waals surface area contributed by atoms with Gasteiger partial charge in [0.2, 0.25) is 5.91 Å². The predicted molar refractivity (Wildman–Crippen MR) is 87.7 cm³/mol. The highest BCUT2D eigenvalue weighted by molar-refractivity contribution is 7.15. The van der Waals surface area contributed by atoms with Crippen molar-refractivity contribution < 1.29 is 13.6 Å². The summed E-state index contributed by atoms with van der Waals surface area (Å²) in [6, 6.07) is 9.84. The van der Waals surface area contributed by atoms with Gasteiger partial charge in [-0.2, -0.15) is 0 Å². The number of thiazole rings is 1. The van der Waals surface area contributed by atoms with E-state index in [9.17, 15) is 9.18 Å². The average Bonchev–Trinajstić information content (AvgIpc) is 3.20. The van der Waals surface area contributed by atoms with Gasteiger partial charge in [0, 0.05) is 23.6 Å². The average molecular weight is 328 g/mol. The largest absolute Gasteiger partial charge is 0.465 e. The van der Waals surface area contributed by atoms with Crippen LogP contribution in [-0.4, -0.2) is 10.9 Å². The lowest BCUT2D eigenvalue weighted by Gasteiger charge is -1.98. The Balaban J connectivity index is 1.58. The summed E-state index contributed by atoms with van der Waals surface area (Å²) in [5, 5.41) is 3.22. The van der Waals surface area contributed by atoms with Crippen molar-refractivity contribution in [2.45, 2.75) is 6.42 Å². The fourth-order valence-corrected chi connectivity index (χ4v) is 2.79. The Morgan fingerprint density at radius 3 is 2.87 bits per heavy atom. The van der Waals surface area contributed by atoms with E-state index in [0.717, 1.165) is 10.4 Å². The van der Waals surface area contributed by atoms with Crippen molar-refractivity contribution in [3.63, 3.8) is 0 Å². The summed E-state index contributed by atoms with van der Waals surface area (Å²) in [6.07, 6.45) is 6.87. The second-order valence-electron chi connectivity index (χ2n) is 4.77. The second-order valence-corrected chi connectivity index (χ2v) is 5.89. The molecule has 3 rings (SSSR count). The minimum Gasteiger partial charge on any atom is -0.465 e. The van der Waals surface area contributed by atoms with Gasteiger partial charge in [-0.3, -0.25) is 10.1 Å². The van der Waals surface area contributed by atoms with Gasteiger partial charge in [0.05, 0.1) is 6.26 Å². The number of rotatable bonds is 5. The highest BCUT2D eigenvalue weighted by atomic mass is 32.1. The topological polar surface area (TPSA) is 55.1 Å². The van der Waals surface area contributed by atoms with Crippen LogP contribution in [0.1, 0.15) is 16.2 Å². The van der Waals surface area contributed by atoms with Crippen LogP contribution in [0.2, 0.25) is 0 Å². The zero-order valence-electron chi connectivity index (χ0n) is 12.0. The van der Waals surface area contributed by atoms with Crippen molar-refractivity contribution in [1.82, 2.24) is 4.98 Å². The van der Waals surface area contributed by atoms with Crippen LogP contribution in [0.3, 0.4) is 0 Å². The van der Waals surface area contributed by atoms with Crippen LogP contribution in [-0.2, 0) is 11.2 Å². The quantitative estimate of drug-likeness (QED) is 0.717. The van der Waals surface area contributed by atoms with E-state index in [1.54, 1.807) is 42.8 Å². The number of nitrogens with zero attached hydrogens (tertiary/aromatic N) is 1. The highest BCUT2D eigenvalue weighted by Gasteiger charge is 2.06. The van der Waals surface area contributed by atoms with Crippen molar-refractivity contribution in [2.75, 3.05) is 5.32 Å². The molecule has 3 aromatic rings. The molecule has 116 valence electrons. The van der Waals surface area contributed by atoms with Crippen molar-refractivity contribution in [3.05, 3.63) is 77.0 Å². The third-order valence-electron chi connectivity index (χ3n) is 3.02. The molecular weight excluding hydrogens is 315 g/mol. The fraction of sp³-hybridized carbons (Fsp3) is 0.0588. The lowest BCUT2D eigenvalue weighted by atomic mass is 10.1. The number of carbonyl (C=O) groups excluding carboxylic acids is 1. The summed E-state index contributed by atoms with van der Waals surface area (Å²) < 4.78 is 18.0. The van der Waals surface area contributed by atoms with Crippen LogP contribution >= 0.6 is 11.3 Å². The van der Waals surface area contributed by atoms with Crippen LogP contribution < -0.4 is 5.32 Å². The molecule has 0 atom stereocenters. The molecule has 1 aromatic carbocycles. The molecule has 1 N–H and O–H groups in total. The van der Waals surface area contributed by atoms with Gasteiger partial charge in [-0.25, -0.2) is 9.37 Å². The number of anilines is 1. The van der Waals surface area contributed by atoms with E-state index < -0.39 is 0 Å². The normalized spacial score (nSPS) is 11.0. The van der Waals surface area contributed by atoms with Gasteiger partial charge in [0.25, 0.3) is 0 Å². The smallest absolute Gasteiger partial charge is 0.250 e. The Morgan fingerprint density at radius 1 is 1.30 bits per heavy atom. The minimum atomic E-state index is -0.274. The number of halogens is 1. The van der Waals surface area contributed by atoms with Gasteiger partial charge in [0.15, 0.2) is 5.13 Å². The molecule has 0 bridgehead atoms. The Labute approximate surface area is 136 Å². The molecule has 6 heteroatoms. The van der Waals surface area contributed by atoms with E-state index in [1.165, 1.54) is 29.5 Å². The van der Waals surface area contributed by atoms with Crippen LogP contribution in [0.5, 0.6) is 0 Å². The number of hydrogen-bond acceptors (Lipinski definition) is 4. The van der Waals surface area contributed by atoms with E-state index >= 15 is 0 Å². The maximum Gasteiger partial charge on any atom is 0.250 e. The van der Waals surface area contributed by atoms with Gasteiger partial charge < -0.3 is 4.42 Å². The molecule has 0 aliphatic carbocycles. The molecular formula is C17H13FN2O2S. The van der Waals surface area contributed by atoms with Crippen LogP contribution in [0.25, 0.3) is 6.08 Å². The zero-order chi connectivity index (χ0) is 16.1. The lowest BCUT2D eigenvalue weighted by Crippen LogP contribution is -2.06. The number of amides is 1. The Bertz CT molecular complexity index is 808. The first-order valence-corrected chi connectivity index (χ1v) is 7.72. The van der Waals surface area contributed by atoms with Crippen molar-refractivity contribution >= 4 is 28.5 Å². The maximum atomic E-state index is 12.9. The summed E-state index contributed by atoms with van der Waals surface area (Å²) in [4.78, 5) is 17.0. The summed E-state index contributed by atoms with van der Waals surface area (Å²) >= 11 is 1.39. The molecule has 23 heavy (non-hydrogen) atoms. The van der Waals surface area contributed by atoms with Gasteiger partial charge in [-0.05, 0) is 35.9 Å². The van der Waals surface area contributed by atoms with Crippen molar-refractivity contribution in [3.8, 4) is 0 Å². The molecule has 0 fully saturated rings. The third kappa shape index (κ3) is 4.37. The minimum absolute atomic E-state index is 0.255. The molecule has 0 unspecified atom stereocenters. The number of nitrogens with one attached hydrogen (secondary N) is 1. The van der Waals surface area contributed by atoms with Gasteiger partial charge in [0.1, 0.15) is 11.6 Å². The molecule has 0 saturated heterocycles. The van der Waals surface area contributed by atoms with E-state index in [2.05, 4.69) is 10.3 Å². The number of benzene rings is 1. The first-order chi connectivity index (χ1) is 11.2. The first kappa shape index (κ1) is 15.2. The molecule has 1 amide bonds. The fourth-order valence-electron chi connectivity index (χ4n) is 1.94. The van der Waals surface area contributed by atoms with E-state index in [0.29, 0.717) is 17.3 Å². The Kier molecular flexibility index (Phi) is 4.63. The number of aromatic nitrogens is 1. The molecule has 2 heterocycles. The summed E-state index contributed by atoms with van der Waals surface area (Å²) in [5.41, 5.74) is 0.991. The summed E-state index contributed by atoms with van der Waals surface area (Å²) in [6.45, 7) is 0. The molecule has 2 aromatic heterocycles. The molecule has 0 aliphatic heterocycles. The van der Waals surface area contributed by atoms with Gasteiger partial charge >= 0.3 is 0 Å². The molecule has 0 saturated carbocycles. The van der Waals surface area contributed by atoms with Crippen molar-refractivity contribution in [1.29, 1.82) is 0 Å². The van der Waals surface area contributed by atoms with Crippen LogP contribution in [0, 0.1) is 5.82 Å². The number of hydrogen-bond donors (Lipinski definition) is 1. The summed E-state index contributed by atoms with van der Waals surface area (Å²) in [5.74, 6) is 0.0784. The maximum absolute atomic E-state index is 12.9. The van der Waals surface area contributed by atoms with E-state index in [1.807, 2.05) is 0 Å². The zero-order valence-corrected chi connectivity index (χ0v) is 12.8. The molecule has 0 aliphatic rings. The monoisotopic (exact) mass is 328 g/mol. The van der Waals surface area contributed by atoms with Crippen LogP contribution in [0.15, 0.2) is 59.4 Å². The van der Waals surface area contributed by atoms with Crippen molar-refractivity contribution in [2.24, 2.45) is 0 Å². The number of carbonyl (C=O) groups is 1. The van der Waals surface area contributed by atoms with Crippen LogP contribution in [0.4, 0.5) is 9.52 Å². The second kappa shape index (κ2) is 7.02. The third-order valence-corrected chi connectivity index (χ3v) is 3.93. The standard InChI is InChI=1S/C17H13FN2O2S/c18-13-5-3-12(4-6-13)10-15-11-19-17(23-15)20-16(21)8-7-14-2-1-9-22-14/h1-9,11H,10H2,(H,19,20,21)/b8-7+. The Hall–Kier alpha value is -2.73. The van der Waals surface area contributed by atoms with E-state index in [-0.39, 0.29) is 11.7 Å². The highest BCUT2D eigenvalue weighted by Crippen LogP contribution is 2.21. The molecule has 0 spiro atoms. The first-order valence-electron chi connectivity index (χ1n) is 6.91. The SMILES string of the molecule is O=C(/C=C/c1ccco1)Nc1ncc(Cc2ccc(F)cc2)s1. The van der Waals surface area contributed by atoms with E-state index in [4.69, 9.17) is 4.42 Å². The molecule has 0 radical (unpaired) electrons. The van der Waals surface area contributed by atoms with Gasteiger partial charge in [-0.1, -0.05) is 12.1 Å². The molecule has 4 nitrogen and oxygen atoms in total. The lowest BCUT2D eigenvalue weighted by molar-refractivity contribution is -0.111. The van der Waals surface area contributed by atoms with Gasteiger partial charge in [-0.15, -0.1) is 11.3 Å². The number of furan rings is 1. The predicted octanol–water partition coefficient (Wildman–Crippen LogP) is 4.12. The Morgan fingerprint density at radius 2 is 2.13 bits per heavy atom. The summed E-state index contributed by atoms with van der Waals surface area (Å²) in [7, 11) is 0.